The zero-order valence-corrected chi connectivity index (χ0v) is 13.7. The average Bonchev–Trinajstić information content (AvgIpc) is 2.94. The molecule has 0 unspecified atom stereocenters. The topological polar surface area (TPSA) is 63.3 Å². The molecule has 1 aliphatic rings. The van der Waals surface area contributed by atoms with Crippen LogP contribution in [0, 0.1) is 0 Å². The monoisotopic (exact) mass is 323 g/mol. The van der Waals surface area contributed by atoms with E-state index in [4.69, 9.17) is 9.52 Å². The van der Waals surface area contributed by atoms with Gasteiger partial charge >= 0.3 is 5.97 Å². The van der Waals surface area contributed by atoms with Gasteiger partial charge in [-0.15, -0.1) is 0 Å². The largest absolute Gasteiger partial charge is 0.481 e. The van der Waals surface area contributed by atoms with E-state index in [2.05, 4.69) is 42.3 Å². The van der Waals surface area contributed by atoms with Crippen LogP contribution in [0.25, 0.3) is 11.3 Å². The van der Waals surface area contributed by atoms with E-state index in [1.165, 1.54) is 5.57 Å². The van der Waals surface area contributed by atoms with Crippen molar-refractivity contribution in [3.8, 4) is 11.3 Å². The van der Waals surface area contributed by atoms with E-state index in [0.29, 0.717) is 12.3 Å². The van der Waals surface area contributed by atoms with Gasteiger partial charge in [0.05, 0.1) is 6.42 Å². The second kappa shape index (κ2) is 9.30. The van der Waals surface area contributed by atoms with Gasteiger partial charge in [-0.05, 0) is 13.3 Å². The van der Waals surface area contributed by atoms with Crippen molar-refractivity contribution in [2.45, 2.75) is 26.2 Å². The highest BCUT2D eigenvalue weighted by atomic mass is 16.4. The summed E-state index contributed by atoms with van der Waals surface area (Å²) in [4.78, 5) is 14.6. The van der Waals surface area contributed by atoms with Crippen LogP contribution in [0.3, 0.4) is 0 Å². The van der Waals surface area contributed by atoms with Crippen LogP contribution in [0.15, 0.2) is 77.0 Å². The number of oxazole rings is 1. The SMILES string of the molecule is CC1=CCC=CC=C1.O=C(O)CCc1nc(-c2ccccc2)co1. The molecule has 1 aromatic carbocycles. The molecule has 3 rings (SSSR count). The molecular weight excluding hydrogens is 302 g/mol. The lowest BCUT2D eigenvalue weighted by atomic mass is 10.2. The van der Waals surface area contributed by atoms with E-state index in [9.17, 15) is 4.79 Å². The Morgan fingerprint density at radius 3 is 2.79 bits per heavy atom. The second-order valence-corrected chi connectivity index (χ2v) is 5.36. The Morgan fingerprint density at radius 2 is 2.04 bits per heavy atom. The van der Waals surface area contributed by atoms with Gasteiger partial charge in [0.15, 0.2) is 5.89 Å². The lowest BCUT2D eigenvalue weighted by Gasteiger charge is -1.92. The fraction of sp³-hybridized carbons (Fsp3) is 0.200. The molecule has 124 valence electrons. The maximum Gasteiger partial charge on any atom is 0.303 e. The maximum absolute atomic E-state index is 10.4. The van der Waals surface area contributed by atoms with Crippen LogP contribution in [-0.4, -0.2) is 16.1 Å². The summed E-state index contributed by atoms with van der Waals surface area (Å²) in [7, 11) is 0. The number of carbonyl (C=O) groups is 1. The zero-order chi connectivity index (χ0) is 17.2. The molecule has 1 aliphatic carbocycles. The minimum Gasteiger partial charge on any atom is -0.481 e. The molecule has 0 radical (unpaired) electrons. The zero-order valence-electron chi connectivity index (χ0n) is 13.7. The summed E-state index contributed by atoms with van der Waals surface area (Å²) in [6, 6.07) is 9.62. The summed E-state index contributed by atoms with van der Waals surface area (Å²) in [5.41, 5.74) is 3.06. The Kier molecular flexibility index (Phi) is 6.77. The van der Waals surface area contributed by atoms with Gasteiger partial charge in [-0.1, -0.05) is 66.3 Å². The van der Waals surface area contributed by atoms with Gasteiger partial charge in [-0.2, -0.15) is 0 Å². The van der Waals surface area contributed by atoms with E-state index >= 15 is 0 Å². The molecule has 1 aromatic heterocycles. The van der Waals surface area contributed by atoms with E-state index in [0.717, 1.165) is 17.7 Å². The molecule has 0 fully saturated rings. The molecule has 1 N–H and O–H groups in total. The van der Waals surface area contributed by atoms with Gasteiger partial charge in [0, 0.05) is 12.0 Å². The fourth-order valence-corrected chi connectivity index (χ4v) is 2.07. The molecule has 2 aromatic rings. The summed E-state index contributed by atoms with van der Waals surface area (Å²) < 4.78 is 5.20. The summed E-state index contributed by atoms with van der Waals surface area (Å²) >= 11 is 0. The number of hydrogen-bond donors (Lipinski definition) is 1. The van der Waals surface area contributed by atoms with E-state index in [1.807, 2.05) is 30.3 Å². The van der Waals surface area contributed by atoms with Crippen LogP contribution in [0.5, 0.6) is 0 Å². The van der Waals surface area contributed by atoms with Crippen molar-refractivity contribution in [1.29, 1.82) is 0 Å². The molecule has 0 saturated carbocycles. The molecule has 0 saturated heterocycles. The maximum atomic E-state index is 10.4. The molecule has 0 atom stereocenters. The highest BCUT2D eigenvalue weighted by Crippen LogP contribution is 2.18. The van der Waals surface area contributed by atoms with Crippen molar-refractivity contribution < 1.29 is 14.3 Å². The molecule has 0 aliphatic heterocycles. The molecule has 24 heavy (non-hydrogen) atoms. The second-order valence-electron chi connectivity index (χ2n) is 5.36. The third kappa shape index (κ3) is 6.08. The van der Waals surface area contributed by atoms with Crippen molar-refractivity contribution >= 4 is 5.97 Å². The van der Waals surface area contributed by atoms with Gasteiger partial charge in [0.25, 0.3) is 0 Å². The smallest absolute Gasteiger partial charge is 0.303 e. The highest BCUT2D eigenvalue weighted by Gasteiger charge is 2.07. The fourth-order valence-electron chi connectivity index (χ4n) is 2.07. The summed E-state index contributed by atoms with van der Waals surface area (Å²) in [6.45, 7) is 2.11. The van der Waals surface area contributed by atoms with Crippen LogP contribution in [0.4, 0.5) is 0 Å². The molecule has 0 spiro atoms. The van der Waals surface area contributed by atoms with Crippen molar-refractivity contribution in [1.82, 2.24) is 4.98 Å². The molecule has 4 heteroatoms. The van der Waals surface area contributed by atoms with Gasteiger partial charge in [0.1, 0.15) is 12.0 Å². The Hall–Kier alpha value is -2.88. The van der Waals surface area contributed by atoms with Gasteiger partial charge in [0.2, 0.25) is 0 Å². The van der Waals surface area contributed by atoms with E-state index < -0.39 is 5.97 Å². The Labute approximate surface area is 141 Å². The predicted molar refractivity (Wildman–Crippen MR) is 94.5 cm³/mol. The van der Waals surface area contributed by atoms with Crippen LogP contribution in [-0.2, 0) is 11.2 Å². The first-order chi connectivity index (χ1) is 11.6. The lowest BCUT2D eigenvalue weighted by molar-refractivity contribution is -0.137. The van der Waals surface area contributed by atoms with Gasteiger partial charge < -0.3 is 9.52 Å². The van der Waals surface area contributed by atoms with Crippen LogP contribution < -0.4 is 0 Å². The summed E-state index contributed by atoms with van der Waals surface area (Å²) in [5, 5.41) is 8.53. The van der Waals surface area contributed by atoms with Crippen LogP contribution >= 0.6 is 0 Å². The molecule has 0 amide bonds. The van der Waals surface area contributed by atoms with Crippen molar-refractivity contribution in [2.24, 2.45) is 0 Å². The van der Waals surface area contributed by atoms with E-state index in [-0.39, 0.29) is 6.42 Å². The first-order valence-corrected chi connectivity index (χ1v) is 7.87. The standard InChI is InChI=1S/C12H11NO3.C8H10/c14-12(15)7-6-11-13-10(8-16-11)9-4-2-1-3-5-9;1-8-6-4-2-3-5-7-8/h1-5,8H,6-7H2,(H,14,15);2-4,6-7H,5H2,1H3. The van der Waals surface area contributed by atoms with Gasteiger partial charge in [-0.3, -0.25) is 4.79 Å². The van der Waals surface area contributed by atoms with Crippen LogP contribution in [0.1, 0.15) is 25.7 Å². The minimum atomic E-state index is -0.848. The Bertz CT molecular complexity index is 736. The quantitative estimate of drug-likeness (QED) is 0.877. The summed E-state index contributed by atoms with van der Waals surface area (Å²) in [6.07, 6.45) is 13.6. The third-order valence-electron chi connectivity index (χ3n) is 3.36. The lowest BCUT2D eigenvalue weighted by Crippen LogP contribution is -1.97. The number of allylic oxidation sites excluding steroid dienone is 6. The number of nitrogens with zero attached hydrogens (tertiary/aromatic N) is 1. The first-order valence-electron chi connectivity index (χ1n) is 7.87. The Balaban J connectivity index is 0.000000219. The number of aromatic nitrogens is 1. The molecule has 1 heterocycles. The van der Waals surface area contributed by atoms with Gasteiger partial charge in [-0.25, -0.2) is 4.98 Å². The number of hydrogen-bond acceptors (Lipinski definition) is 3. The minimum absolute atomic E-state index is 0.0365. The highest BCUT2D eigenvalue weighted by molar-refractivity contribution is 5.67. The number of benzene rings is 1. The average molecular weight is 323 g/mol. The summed E-state index contributed by atoms with van der Waals surface area (Å²) in [5.74, 6) is -0.388. The molecule has 0 bridgehead atoms. The number of rotatable bonds is 4. The Morgan fingerprint density at radius 1 is 1.25 bits per heavy atom. The van der Waals surface area contributed by atoms with Crippen LogP contribution in [0.2, 0.25) is 0 Å². The number of aryl methyl sites for hydroxylation is 1. The number of carboxylic acid groups (broad SMARTS) is 1. The van der Waals surface area contributed by atoms with Crippen molar-refractivity contribution in [2.75, 3.05) is 0 Å². The molecular formula is C20H21NO3. The third-order valence-corrected chi connectivity index (χ3v) is 3.36. The number of aliphatic carboxylic acids is 1. The van der Waals surface area contributed by atoms with E-state index in [1.54, 1.807) is 6.26 Å². The number of carboxylic acids is 1. The normalized spacial score (nSPS) is 12.8. The molecule has 4 nitrogen and oxygen atoms in total. The van der Waals surface area contributed by atoms with Crippen molar-refractivity contribution in [3.05, 3.63) is 78.4 Å². The first kappa shape index (κ1) is 17.5. The predicted octanol–water partition coefficient (Wildman–Crippen LogP) is 4.81. The van der Waals surface area contributed by atoms with Crippen molar-refractivity contribution in [3.63, 3.8) is 0 Å².